The predicted octanol–water partition coefficient (Wildman–Crippen LogP) is 3.85. The van der Waals surface area contributed by atoms with Gasteiger partial charge in [0.15, 0.2) is 0 Å². The summed E-state index contributed by atoms with van der Waals surface area (Å²) in [6, 6.07) is 14.9. The van der Waals surface area contributed by atoms with Gasteiger partial charge in [-0.25, -0.2) is 0 Å². The molecule has 25 heavy (non-hydrogen) atoms. The van der Waals surface area contributed by atoms with Gasteiger partial charge in [-0.05, 0) is 62.4 Å². The molecule has 1 atom stereocenters. The first-order chi connectivity index (χ1) is 12.0. The Morgan fingerprint density at radius 2 is 1.48 bits per heavy atom. The summed E-state index contributed by atoms with van der Waals surface area (Å²) in [5.74, 6) is 1.64. The molecule has 1 saturated heterocycles. The van der Waals surface area contributed by atoms with Crippen molar-refractivity contribution in [2.45, 2.75) is 19.9 Å². The van der Waals surface area contributed by atoms with E-state index in [9.17, 15) is 4.79 Å². The van der Waals surface area contributed by atoms with E-state index in [2.05, 4.69) is 4.99 Å². The number of hydrogen-bond acceptors (Lipinski definition) is 4. The summed E-state index contributed by atoms with van der Waals surface area (Å²) in [5, 5.41) is 0. The first-order valence-corrected chi connectivity index (χ1v) is 8.13. The van der Waals surface area contributed by atoms with Crippen LogP contribution in [0.5, 0.6) is 11.5 Å². The third-order valence-electron chi connectivity index (χ3n) is 4.58. The fourth-order valence-electron chi connectivity index (χ4n) is 2.92. The number of amides is 1. The Bertz CT molecular complexity index is 780. The summed E-state index contributed by atoms with van der Waals surface area (Å²) in [6.07, 6.45) is 1.84. The van der Waals surface area contributed by atoms with Crippen LogP contribution in [0.25, 0.3) is 0 Å². The summed E-state index contributed by atoms with van der Waals surface area (Å²) in [6.45, 7) is 3.89. The highest BCUT2D eigenvalue weighted by atomic mass is 16.5. The van der Waals surface area contributed by atoms with Crippen molar-refractivity contribution in [3.8, 4) is 11.5 Å². The Morgan fingerprint density at radius 3 is 2.00 bits per heavy atom. The van der Waals surface area contributed by atoms with Crippen LogP contribution in [-0.2, 0) is 4.79 Å². The Balaban J connectivity index is 1.83. The van der Waals surface area contributed by atoms with Gasteiger partial charge in [-0.1, -0.05) is 0 Å². The summed E-state index contributed by atoms with van der Waals surface area (Å²) in [7, 11) is 3.25. The summed E-state index contributed by atoms with van der Waals surface area (Å²) < 4.78 is 10.3. The number of hydrogen-bond donors (Lipinski definition) is 0. The second-order valence-electron chi connectivity index (χ2n) is 6.52. The Labute approximate surface area is 147 Å². The molecule has 5 nitrogen and oxygen atoms in total. The van der Waals surface area contributed by atoms with Crippen molar-refractivity contribution in [3.05, 3.63) is 48.5 Å². The van der Waals surface area contributed by atoms with Crippen LogP contribution in [0.2, 0.25) is 0 Å². The van der Waals surface area contributed by atoms with Crippen molar-refractivity contribution < 1.29 is 14.3 Å². The first-order valence-electron chi connectivity index (χ1n) is 8.13. The zero-order chi connectivity index (χ0) is 18.0. The normalized spacial score (nSPS) is 19.0. The molecule has 130 valence electrons. The average molecular weight is 338 g/mol. The number of anilines is 1. The van der Waals surface area contributed by atoms with Crippen LogP contribution in [0.1, 0.15) is 13.8 Å². The summed E-state index contributed by atoms with van der Waals surface area (Å²) >= 11 is 0. The van der Waals surface area contributed by atoms with Crippen LogP contribution < -0.4 is 14.4 Å². The van der Waals surface area contributed by atoms with Gasteiger partial charge in [0.2, 0.25) is 5.91 Å². The third-order valence-corrected chi connectivity index (χ3v) is 4.58. The van der Waals surface area contributed by atoms with Crippen molar-refractivity contribution in [1.82, 2.24) is 0 Å². The largest absolute Gasteiger partial charge is 0.497 e. The lowest BCUT2D eigenvalue weighted by Gasteiger charge is -2.51. The highest BCUT2D eigenvalue weighted by Gasteiger charge is 2.54. The number of nitrogens with zero attached hydrogens (tertiary/aromatic N) is 2. The highest BCUT2D eigenvalue weighted by Crippen LogP contribution is 2.41. The standard InChI is InChI=1S/C20H22N2O3/c1-20(2)18(13-21-14-5-9-16(24-3)10-6-14)22(19(20)23)15-7-11-17(25-4)12-8-15/h5-13,18H,1-4H3. The molecule has 1 unspecified atom stereocenters. The average Bonchev–Trinajstić information content (AvgIpc) is 2.65. The van der Waals surface area contributed by atoms with Crippen molar-refractivity contribution in [2.24, 2.45) is 10.4 Å². The molecular weight excluding hydrogens is 316 g/mol. The Hall–Kier alpha value is -2.82. The van der Waals surface area contributed by atoms with Crippen LogP contribution in [0.3, 0.4) is 0 Å². The smallest absolute Gasteiger partial charge is 0.235 e. The van der Waals surface area contributed by atoms with Crippen LogP contribution in [-0.4, -0.2) is 32.4 Å². The second kappa shape index (κ2) is 6.59. The van der Waals surface area contributed by atoms with Crippen LogP contribution in [0.4, 0.5) is 11.4 Å². The van der Waals surface area contributed by atoms with E-state index in [4.69, 9.17) is 9.47 Å². The number of β-lactam (4-membered cyclic amide) rings is 1. The minimum atomic E-state index is -0.476. The number of ether oxygens (including phenoxy) is 2. The lowest BCUT2D eigenvalue weighted by atomic mass is 9.74. The van der Waals surface area contributed by atoms with Gasteiger partial charge in [-0.2, -0.15) is 0 Å². The minimum Gasteiger partial charge on any atom is -0.497 e. The maximum Gasteiger partial charge on any atom is 0.235 e. The van der Waals surface area contributed by atoms with Crippen LogP contribution in [0, 0.1) is 5.41 Å². The molecule has 1 aliphatic rings. The van der Waals surface area contributed by atoms with Crippen molar-refractivity contribution in [3.63, 3.8) is 0 Å². The molecule has 2 aromatic carbocycles. The number of methoxy groups -OCH3 is 2. The van der Waals surface area contributed by atoms with Gasteiger partial charge in [0.1, 0.15) is 11.5 Å². The molecule has 0 aromatic heterocycles. The summed E-state index contributed by atoms with van der Waals surface area (Å²) in [4.78, 5) is 18.9. The maximum absolute atomic E-state index is 12.6. The zero-order valence-electron chi connectivity index (χ0n) is 14.9. The van der Waals surface area contributed by atoms with Gasteiger partial charge in [0.05, 0.1) is 31.4 Å². The molecule has 0 spiro atoms. The SMILES string of the molecule is COc1ccc(N=CC2N(c3ccc(OC)cc3)C(=O)C2(C)C)cc1. The molecule has 5 heteroatoms. The molecule has 1 heterocycles. The summed E-state index contributed by atoms with van der Waals surface area (Å²) in [5.41, 5.74) is 1.19. The second-order valence-corrected chi connectivity index (χ2v) is 6.52. The van der Waals surface area contributed by atoms with Gasteiger partial charge >= 0.3 is 0 Å². The topological polar surface area (TPSA) is 51.1 Å². The molecule has 0 radical (unpaired) electrons. The van der Waals surface area contributed by atoms with E-state index in [1.165, 1.54) is 0 Å². The van der Waals surface area contributed by atoms with Gasteiger partial charge < -0.3 is 14.4 Å². The number of carbonyl (C=O) groups is 1. The predicted molar refractivity (Wildman–Crippen MR) is 99.2 cm³/mol. The molecular formula is C20H22N2O3. The Morgan fingerprint density at radius 1 is 0.960 bits per heavy atom. The van der Waals surface area contributed by atoms with Gasteiger partial charge in [-0.3, -0.25) is 9.79 Å². The van der Waals surface area contributed by atoms with Gasteiger partial charge in [0, 0.05) is 11.9 Å². The lowest BCUT2D eigenvalue weighted by Crippen LogP contribution is -2.67. The monoisotopic (exact) mass is 338 g/mol. The van der Waals surface area contributed by atoms with E-state index in [0.29, 0.717) is 0 Å². The third kappa shape index (κ3) is 3.09. The van der Waals surface area contributed by atoms with Crippen molar-refractivity contribution >= 4 is 23.5 Å². The fraction of sp³-hybridized carbons (Fsp3) is 0.300. The highest BCUT2D eigenvalue weighted by molar-refractivity contribution is 6.11. The number of rotatable bonds is 5. The molecule has 0 N–H and O–H groups in total. The minimum absolute atomic E-state index is 0.0869. The molecule has 0 saturated carbocycles. The maximum atomic E-state index is 12.6. The number of aliphatic imine (C=N–C) groups is 1. The molecule has 0 aliphatic carbocycles. The van der Waals surface area contributed by atoms with Gasteiger partial charge in [0.25, 0.3) is 0 Å². The van der Waals surface area contributed by atoms with Crippen molar-refractivity contribution in [1.29, 1.82) is 0 Å². The van der Waals surface area contributed by atoms with E-state index < -0.39 is 5.41 Å². The van der Waals surface area contributed by atoms with Gasteiger partial charge in [-0.15, -0.1) is 0 Å². The number of carbonyl (C=O) groups excluding carboxylic acids is 1. The van der Waals surface area contributed by atoms with E-state index in [0.717, 1.165) is 22.9 Å². The molecule has 0 bridgehead atoms. The van der Waals surface area contributed by atoms with Crippen molar-refractivity contribution in [2.75, 3.05) is 19.1 Å². The first kappa shape index (κ1) is 17.0. The molecule has 1 fully saturated rings. The van der Waals surface area contributed by atoms with E-state index in [-0.39, 0.29) is 11.9 Å². The fourth-order valence-corrected chi connectivity index (χ4v) is 2.92. The molecule has 1 aliphatic heterocycles. The molecule has 3 rings (SSSR count). The Kier molecular flexibility index (Phi) is 4.49. The molecule has 1 amide bonds. The number of benzene rings is 2. The zero-order valence-corrected chi connectivity index (χ0v) is 14.9. The van der Waals surface area contributed by atoms with Crippen LogP contribution in [0.15, 0.2) is 53.5 Å². The van der Waals surface area contributed by atoms with E-state index in [1.54, 1.807) is 19.1 Å². The van der Waals surface area contributed by atoms with Crippen LogP contribution >= 0.6 is 0 Å². The van der Waals surface area contributed by atoms with E-state index in [1.807, 2.05) is 68.6 Å². The lowest BCUT2D eigenvalue weighted by molar-refractivity contribution is -0.134. The molecule has 2 aromatic rings. The van der Waals surface area contributed by atoms with E-state index >= 15 is 0 Å². The quantitative estimate of drug-likeness (QED) is 0.615.